The molecule has 0 bridgehead atoms. The minimum absolute atomic E-state index is 0.134. The van der Waals surface area contributed by atoms with Gasteiger partial charge >= 0.3 is 0 Å². The fourth-order valence-electron chi connectivity index (χ4n) is 1.15. The molecule has 0 aliphatic heterocycles. The first kappa shape index (κ1) is 8.72. The van der Waals surface area contributed by atoms with E-state index in [-0.39, 0.29) is 12.1 Å². The Morgan fingerprint density at radius 3 is 2.85 bits per heavy atom. The molecule has 0 saturated heterocycles. The molecule has 1 aliphatic rings. The van der Waals surface area contributed by atoms with Gasteiger partial charge in [0.15, 0.2) is 0 Å². The fraction of sp³-hybridized carbons (Fsp3) is 0.500. The molecule has 1 aromatic rings. The van der Waals surface area contributed by atoms with Gasteiger partial charge in [-0.2, -0.15) is 0 Å². The van der Waals surface area contributed by atoms with E-state index in [1.807, 2.05) is 0 Å². The van der Waals surface area contributed by atoms with Crippen molar-refractivity contribution in [2.45, 2.75) is 18.4 Å². The van der Waals surface area contributed by atoms with Gasteiger partial charge in [0.2, 0.25) is 0 Å². The predicted molar refractivity (Wildman–Crippen MR) is 49.7 cm³/mol. The molecule has 2 N–H and O–H groups in total. The van der Waals surface area contributed by atoms with Gasteiger partial charge in [0.1, 0.15) is 17.3 Å². The average Bonchev–Trinajstić information content (AvgIpc) is 2.86. The minimum Gasteiger partial charge on any atom is -0.394 e. The van der Waals surface area contributed by atoms with Crippen LogP contribution in [0.1, 0.15) is 12.8 Å². The maximum absolute atomic E-state index is 9.05. The molecule has 5 heteroatoms. The fourth-order valence-corrected chi connectivity index (χ4v) is 1.29. The topological polar surface area (TPSA) is 58.0 Å². The van der Waals surface area contributed by atoms with Crippen molar-refractivity contribution in [3.8, 4) is 0 Å². The summed E-state index contributed by atoms with van der Waals surface area (Å²) in [5.41, 5.74) is -0.155. The number of nitrogens with zero attached hydrogens (tertiary/aromatic N) is 2. The van der Waals surface area contributed by atoms with Crippen molar-refractivity contribution < 1.29 is 5.11 Å². The number of nitrogens with one attached hydrogen (secondary N) is 1. The van der Waals surface area contributed by atoms with E-state index < -0.39 is 0 Å². The summed E-state index contributed by atoms with van der Waals surface area (Å²) in [6.07, 6.45) is 3.36. The second-order valence-electron chi connectivity index (χ2n) is 3.29. The van der Waals surface area contributed by atoms with E-state index in [4.69, 9.17) is 16.7 Å². The number of aromatic nitrogens is 2. The molecule has 1 aliphatic carbocycles. The van der Waals surface area contributed by atoms with E-state index >= 15 is 0 Å². The Bertz CT molecular complexity index is 314. The Labute approximate surface area is 81.0 Å². The summed E-state index contributed by atoms with van der Waals surface area (Å²) < 4.78 is 0. The number of anilines is 1. The number of hydrogen-bond donors (Lipinski definition) is 2. The number of aliphatic hydroxyl groups is 1. The molecule has 13 heavy (non-hydrogen) atoms. The normalized spacial score (nSPS) is 18.3. The smallest absolute Gasteiger partial charge is 0.134 e. The van der Waals surface area contributed by atoms with Gasteiger partial charge in [-0.1, -0.05) is 11.6 Å². The van der Waals surface area contributed by atoms with Crippen LogP contribution in [0.3, 0.4) is 0 Å². The molecule has 1 saturated carbocycles. The van der Waals surface area contributed by atoms with Crippen LogP contribution in [0, 0.1) is 0 Å². The van der Waals surface area contributed by atoms with Gasteiger partial charge in [-0.15, -0.1) is 0 Å². The molecule has 0 aromatic carbocycles. The van der Waals surface area contributed by atoms with Crippen LogP contribution in [0.4, 0.5) is 5.82 Å². The molecule has 0 spiro atoms. The van der Waals surface area contributed by atoms with Crippen molar-refractivity contribution in [1.82, 2.24) is 9.97 Å². The molecule has 4 nitrogen and oxygen atoms in total. The Balaban J connectivity index is 2.09. The lowest BCUT2D eigenvalue weighted by Gasteiger charge is -2.14. The van der Waals surface area contributed by atoms with Crippen molar-refractivity contribution in [3.05, 3.63) is 17.5 Å². The Morgan fingerprint density at radius 1 is 1.54 bits per heavy atom. The van der Waals surface area contributed by atoms with Gasteiger partial charge in [0.05, 0.1) is 12.1 Å². The highest BCUT2D eigenvalue weighted by Crippen LogP contribution is 2.37. The lowest BCUT2D eigenvalue weighted by Crippen LogP contribution is -2.26. The molecule has 0 atom stereocenters. The van der Waals surface area contributed by atoms with E-state index in [9.17, 15) is 0 Å². The van der Waals surface area contributed by atoms with Crippen LogP contribution in [0.2, 0.25) is 5.15 Å². The van der Waals surface area contributed by atoms with E-state index in [0.717, 1.165) is 12.8 Å². The Morgan fingerprint density at radius 2 is 2.31 bits per heavy atom. The van der Waals surface area contributed by atoms with Gasteiger partial charge in [-0.25, -0.2) is 9.97 Å². The summed E-state index contributed by atoms with van der Waals surface area (Å²) in [4.78, 5) is 7.76. The van der Waals surface area contributed by atoms with E-state index in [2.05, 4.69) is 15.3 Å². The first-order chi connectivity index (χ1) is 6.24. The van der Waals surface area contributed by atoms with Crippen molar-refractivity contribution in [2.24, 2.45) is 0 Å². The van der Waals surface area contributed by atoms with E-state index in [1.54, 1.807) is 6.07 Å². The largest absolute Gasteiger partial charge is 0.394 e. The average molecular weight is 200 g/mol. The first-order valence-corrected chi connectivity index (χ1v) is 4.48. The van der Waals surface area contributed by atoms with Crippen molar-refractivity contribution in [1.29, 1.82) is 0 Å². The van der Waals surface area contributed by atoms with Crippen LogP contribution in [0.15, 0.2) is 12.4 Å². The molecule has 1 aromatic heterocycles. The summed E-state index contributed by atoms with van der Waals surface area (Å²) in [6.45, 7) is 0.134. The maximum Gasteiger partial charge on any atom is 0.134 e. The molecule has 0 amide bonds. The highest BCUT2D eigenvalue weighted by atomic mass is 35.5. The maximum atomic E-state index is 9.05. The van der Waals surface area contributed by atoms with Crippen LogP contribution in [0.5, 0.6) is 0 Å². The quantitative estimate of drug-likeness (QED) is 0.715. The zero-order valence-electron chi connectivity index (χ0n) is 7.00. The van der Waals surface area contributed by atoms with Crippen molar-refractivity contribution in [3.63, 3.8) is 0 Å². The second kappa shape index (κ2) is 3.12. The van der Waals surface area contributed by atoms with Crippen LogP contribution < -0.4 is 5.32 Å². The van der Waals surface area contributed by atoms with E-state index in [1.165, 1.54) is 6.33 Å². The third-order valence-electron chi connectivity index (χ3n) is 2.18. The van der Waals surface area contributed by atoms with Crippen molar-refractivity contribution >= 4 is 17.4 Å². The van der Waals surface area contributed by atoms with Gasteiger partial charge in [0.25, 0.3) is 0 Å². The summed E-state index contributed by atoms with van der Waals surface area (Å²) in [7, 11) is 0. The number of rotatable bonds is 3. The molecular weight excluding hydrogens is 190 g/mol. The molecule has 0 unspecified atom stereocenters. The third kappa shape index (κ3) is 1.89. The van der Waals surface area contributed by atoms with Gasteiger partial charge in [0, 0.05) is 6.07 Å². The summed E-state index contributed by atoms with van der Waals surface area (Å²) in [5, 5.41) is 12.6. The summed E-state index contributed by atoms with van der Waals surface area (Å²) >= 11 is 5.68. The second-order valence-corrected chi connectivity index (χ2v) is 3.68. The summed E-state index contributed by atoms with van der Waals surface area (Å²) in [5.74, 6) is 0.673. The lowest BCUT2D eigenvalue weighted by atomic mass is 10.3. The zero-order chi connectivity index (χ0) is 9.31. The standard InChI is InChI=1S/C8H10ClN3O/c9-6-3-7(11-5-10-6)12-8(4-13)1-2-8/h3,5,13H,1-2,4H2,(H,10,11,12). The predicted octanol–water partition coefficient (Wildman–Crippen LogP) is 1.07. The highest BCUT2D eigenvalue weighted by Gasteiger charge is 2.42. The van der Waals surface area contributed by atoms with Crippen LogP contribution >= 0.6 is 11.6 Å². The number of aliphatic hydroxyl groups excluding tert-OH is 1. The molecule has 2 rings (SSSR count). The number of hydrogen-bond acceptors (Lipinski definition) is 4. The van der Waals surface area contributed by atoms with Gasteiger partial charge in [-0.05, 0) is 12.8 Å². The third-order valence-corrected chi connectivity index (χ3v) is 2.39. The van der Waals surface area contributed by atoms with Gasteiger partial charge < -0.3 is 10.4 Å². The molecule has 0 radical (unpaired) electrons. The molecule has 1 heterocycles. The lowest BCUT2D eigenvalue weighted by molar-refractivity contribution is 0.266. The minimum atomic E-state index is -0.155. The van der Waals surface area contributed by atoms with Crippen LogP contribution in [0.25, 0.3) is 0 Å². The first-order valence-electron chi connectivity index (χ1n) is 4.11. The Kier molecular flexibility index (Phi) is 2.09. The van der Waals surface area contributed by atoms with E-state index in [0.29, 0.717) is 11.0 Å². The molecule has 1 fully saturated rings. The van der Waals surface area contributed by atoms with Crippen molar-refractivity contribution in [2.75, 3.05) is 11.9 Å². The van der Waals surface area contributed by atoms with Crippen LogP contribution in [-0.4, -0.2) is 27.2 Å². The highest BCUT2D eigenvalue weighted by molar-refractivity contribution is 6.29. The summed E-state index contributed by atoms with van der Waals surface area (Å²) in [6, 6.07) is 1.65. The monoisotopic (exact) mass is 199 g/mol. The Hall–Kier alpha value is -0.870. The number of halogens is 1. The zero-order valence-corrected chi connectivity index (χ0v) is 7.75. The van der Waals surface area contributed by atoms with Gasteiger partial charge in [-0.3, -0.25) is 0 Å². The SMILES string of the molecule is OCC1(Nc2cc(Cl)ncn2)CC1. The molecule has 70 valence electrons. The molecular formula is C8H10ClN3O. The van der Waals surface area contributed by atoms with Crippen LogP contribution in [-0.2, 0) is 0 Å².